The van der Waals surface area contributed by atoms with Gasteiger partial charge in [0.25, 0.3) is 0 Å². The summed E-state index contributed by atoms with van der Waals surface area (Å²) in [6.07, 6.45) is 0.906. The third-order valence-electron chi connectivity index (χ3n) is 3.40. The highest BCUT2D eigenvalue weighted by molar-refractivity contribution is 6.32. The van der Waals surface area contributed by atoms with Crippen molar-refractivity contribution in [3.63, 3.8) is 0 Å². The predicted octanol–water partition coefficient (Wildman–Crippen LogP) is 3.28. The van der Waals surface area contributed by atoms with Crippen molar-refractivity contribution in [2.75, 3.05) is 20.7 Å². The van der Waals surface area contributed by atoms with E-state index in [0.29, 0.717) is 5.02 Å². The molecule has 0 aliphatic rings. The molecule has 1 aromatic carbocycles. The second-order valence-corrected chi connectivity index (χ2v) is 5.09. The number of fused-ring (bicyclic) bond motifs is 1. The molecule has 0 spiro atoms. The lowest BCUT2D eigenvalue weighted by Crippen LogP contribution is -2.12. The number of nitrogens with zero attached hydrogens (tertiary/aromatic N) is 1. The summed E-state index contributed by atoms with van der Waals surface area (Å²) >= 11 is 6.23. The van der Waals surface area contributed by atoms with Crippen LogP contribution in [-0.4, -0.2) is 25.7 Å². The van der Waals surface area contributed by atoms with E-state index < -0.39 is 0 Å². The van der Waals surface area contributed by atoms with Crippen LogP contribution in [0.5, 0.6) is 5.75 Å². The molecule has 0 saturated heterocycles. The van der Waals surface area contributed by atoms with Gasteiger partial charge in [0.1, 0.15) is 11.3 Å². The second kappa shape index (κ2) is 5.76. The lowest BCUT2D eigenvalue weighted by atomic mass is 10.0. The van der Waals surface area contributed by atoms with Crippen LogP contribution in [0.3, 0.4) is 0 Å². The van der Waals surface area contributed by atoms with Gasteiger partial charge in [0.15, 0.2) is 0 Å². The third-order valence-corrected chi connectivity index (χ3v) is 3.80. The number of pyridine rings is 1. The molecule has 0 aliphatic heterocycles. The molecule has 3 nitrogen and oxygen atoms in total. The molecule has 0 aliphatic carbocycles. The van der Waals surface area contributed by atoms with Crippen molar-refractivity contribution in [1.82, 2.24) is 10.3 Å². The topological polar surface area (TPSA) is 34.2 Å². The van der Waals surface area contributed by atoms with Crippen molar-refractivity contribution in [3.8, 4) is 5.75 Å². The van der Waals surface area contributed by atoms with Crippen LogP contribution in [-0.2, 0) is 6.42 Å². The molecule has 1 aromatic heterocycles. The summed E-state index contributed by atoms with van der Waals surface area (Å²) in [5.41, 5.74) is 4.23. The zero-order chi connectivity index (χ0) is 14.0. The normalized spacial score (nSPS) is 11.0. The van der Waals surface area contributed by atoms with Gasteiger partial charge in [0, 0.05) is 35.1 Å². The third kappa shape index (κ3) is 2.67. The van der Waals surface area contributed by atoms with Gasteiger partial charge in [-0.1, -0.05) is 11.6 Å². The van der Waals surface area contributed by atoms with Gasteiger partial charge < -0.3 is 10.1 Å². The Hall–Kier alpha value is -1.32. The van der Waals surface area contributed by atoms with Crippen LogP contribution in [0.1, 0.15) is 16.8 Å². The maximum Gasteiger partial charge on any atom is 0.146 e. The summed E-state index contributed by atoms with van der Waals surface area (Å²) in [4.78, 5) is 4.76. The van der Waals surface area contributed by atoms with Crippen molar-refractivity contribution >= 4 is 22.5 Å². The summed E-state index contributed by atoms with van der Waals surface area (Å²) < 4.78 is 5.40. The van der Waals surface area contributed by atoms with Crippen LogP contribution >= 0.6 is 11.6 Å². The molecule has 4 heteroatoms. The molecule has 0 bridgehead atoms. The van der Waals surface area contributed by atoms with E-state index in [1.807, 2.05) is 20.0 Å². The van der Waals surface area contributed by atoms with Crippen LogP contribution in [0.2, 0.25) is 5.02 Å². The van der Waals surface area contributed by atoms with E-state index in [4.69, 9.17) is 21.3 Å². The molecule has 0 saturated carbocycles. The number of benzene rings is 1. The summed E-state index contributed by atoms with van der Waals surface area (Å²) in [6, 6.07) is 3.99. The molecule has 0 unspecified atom stereocenters. The minimum absolute atomic E-state index is 0.716. The molecule has 2 rings (SSSR count). The predicted molar refractivity (Wildman–Crippen MR) is 80.4 cm³/mol. The number of halogens is 1. The zero-order valence-electron chi connectivity index (χ0n) is 11.8. The Kier molecular flexibility index (Phi) is 4.27. The number of rotatable bonds is 4. The van der Waals surface area contributed by atoms with Gasteiger partial charge in [-0.15, -0.1) is 0 Å². The highest BCUT2D eigenvalue weighted by atomic mass is 35.5. The Morgan fingerprint density at radius 1 is 1.32 bits per heavy atom. The number of ether oxygens (including phenoxy) is 1. The number of aryl methyl sites for hydroxylation is 2. The summed E-state index contributed by atoms with van der Waals surface area (Å²) in [7, 11) is 3.59. The average molecular weight is 279 g/mol. The minimum Gasteiger partial charge on any atom is -0.494 e. The molecule has 0 atom stereocenters. The maximum atomic E-state index is 6.23. The van der Waals surface area contributed by atoms with Crippen molar-refractivity contribution in [1.29, 1.82) is 0 Å². The lowest BCUT2D eigenvalue weighted by Gasteiger charge is -2.13. The average Bonchev–Trinajstić information content (AvgIpc) is 2.41. The van der Waals surface area contributed by atoms with Gasteiger partial charge >= 0.3 is 0 Å². The fourth-order valence-electron chi connectivity index (χ4n) is 2.20. The number of hydrogen-bond acceptors (Lipinski definition) is 3. The Labute approximate surface area is 118 Å². The number of hydrogen-bond donors (Lipinski definition) is 1. The fraction of sp³-hybridized carbons (Fsp3) is 0.400. The molecule has 0 fully saturated rings. The minimum atomic E-state index is 0.716. The first-order chi connectivity index (χ1) is 9.08. The van der Waals surface area contributed by atoms with Gasteiger partial charge in [0.2, 0.25) is 0 Å². The van der Waals surface area contributed by atoms with E-state index >= 15 is 0 Å². The molecular formula is C15H19ClN2O. The maximum absolute atomic E-state index is 6.23. The fourth-order valence-corrected chi connectivity index (χ4v) is 2.40. The SMILES string of the molecule is CNCCc1nc2c(OC)cc(Cl)c(C)c2cc1C. The Balaban J connectivity index is 2.66. The van der Waals surface area contributed by atoms with Crippen LogP contribution in [0.15, 0.2) is 12.1 Å². The van der Waals surface area contributed by atoms with E-state index in [-0.39, 0.29) is 0 Å². The van der Waals surface area contributed by atoms with Gasteiger partial charge in [-0.05, 0) is 38.1 Å². The quantitative estimate of drug-likeness (QED) is 0.932. The molecule has 0 amide bonds. The zero-order valence-corrected chi connectivity index (χ0v) is 12.6. The lowest BCUT2D eigenvalue weighted by molar-refractivity contribution is 0.418. The van der Waals surface area contributed by atoms with Gasteiger partial charge in [0.05, 0.1) is 7.11 Å². The van der Waals surface area contributed by atoms with E-state index in [0.717, 1.165) is 40.9 Å². The first-order valence-corrected chi connectivity index (χ1v) is 6.74. The van der Waals surface area contributed by atoms with Crippen molar-refractivity contribution in [3.05, 3.63) is 34.0 Å². The van der Waals surface area contributed by atoms with Crippen LogP contribution < -0.4 is 10.1 Å². The van der Waals surface area contributed by atoms with Gasteiger partial charge in [-0.25, -0.2) is 4.98 Å². The van der Waals surface area contributed by atoms with E-state index in [2.05, 4.69) is 18.3 Å². The largest absolute Gasteiger partial charge is 0.494 e. The van der Waals surface area contributed by atoms with E-state index in [1.165, 1.54) is 5.56 Å². The molecule has 19 heavy (non-hydrogen) atoms. The van der Waals surface area contributed by atoms with Crippen LogP contribution in [0, 0.1) is 13.8 Å². The van der Waals surface area contributed by atoms with Crippen LogP contribution in [0.4, 0.5) is 0 Å². The van der Waals surface area contributed by atoms with E-state index in [9.17, 15) is 0 Å². The van der Waals surface area contributed by atoms with Gasteiger partial charge in [-0.3, -0.25) is 0 Å². The molecule has 1 N–H and O–H groups in total. The molecular weight excluding hydrogens is 260 g/mol. The monoisotopic (exact) mass is 278 g/mol. The standard InChI is InChI=1S/C15H19ClN2O/c1-9-7-11-10(2)12(16)8-14(19-4)15(11)18-13(9)5-6-17-3/h7-8,17H,5-6H2,1-4H3. The molecule has 2 aromatic rings. The Morgan fingerprint density at radius 3 is 2.68 bits per heavy atom. The van der Waals surface area contributed by atoms with E-state index in [1.54, 1.807) is 7.11 Å². The number of methoxy groups -OCH3 is 1. The van der Waals surface area contributed by atoms with Crippen molar-refractivity contribution in [2.45, 2.75) is 20.3 Å². The van der Waals surface area contributed by atoms with Gasteiger partial charge in [-0.2, -0.15) is 0 Å². The highest BCUT2D eigenvalue weighted by Gasteiger charge is 2.12. The molecule has 0 radical (unpaired) electrons. The first-order valence-electron chi connectivity index (χ1n) is 6.36. The summed E-state index contributed by atoms with van der Waals surface area (Å²) in [5, 5.41) is 4.93. The van der Waals surface area contributed by atoms with Crippen LogP contribution in [0.25, 0.3) is 10.9 Å². The Morgan fingerprint density at radius 2 is 2.05 bits per heavy atom. The number of likely N-dealkylation sites (N-methyl/N-ethyl adjacent to an activating group) is 1. The Bertz CT molecular complexity index is 611. The van der Waals surface area contributed by atoms with Crippen molar-refractivity contribution in [2.24, 2.45) is 0 Å². The molecule has 1 heterocycles. The highest BCUT2D eigenvalue weighted by Crippen LogP contribution is 2.33. The first kappa shape index (κ1) is 14.1. The summed E-state index contributed by atoms with van der Waals surface area (Å²) in [5.74, 6) is 0.733. The summed E-state index contributed by atoms with van der Waals surface area (Å²) in [6.45, 7) is 5.01. The molecule has 102 valence electrons. The number of nitrogens with one attached hydrogen (secondary N) is 1. The smallest absolute Gasteiger partial charge is 0.146 e. The number of aromatic nitrogens is 1. The van der Waals surface area contributed by atoms with Crippen molar-refractivity contribution < 1.29 is 4.74 Å². The second-order valence-electron chi connectivity index (χ2n) is 4.69.